The molecule has 0 amide bonds. The summed E-state index contributed by atoms with van der Waals surface area (Å²) in [5.41, 5.74) is 2.44. The molecule has 28 heavy (non-hydrogen) atoms. The first-order chi connectivity index (χ1) is 13.4. The van der Waals surface area contributed by atoms with Gasteiger partial charge in [0.2, 0.25) is 0 Å². The Balaban J connectivity index is 1.62. The van der Waals surface area contributed by atoms with Gasteiger partial charge >= 0.3 is 5.76 Å². The highest BCUT2D eigenvalue weighted by atomic mass is 32.2. The summed E-state index contributed by atoms with van der Waals surface area (Å²) in [6.07, 6.45) is 3.56. The Morgan fingerprint density at radius 2 is 1.79 bits per heavy atom. The van der Waals surface area contributed by atoms with Crippen LogP contribution < -0.4 is 15.4 Å². The number of quaternary nitrogens is 1. The fourth-order valence-corrected chi connectivity index (χ4v) is 4.71. The number of piperidine rings is 1. The third-order valence-corrected chi connectivity index (χ3v) is 6.58. The van der Waals surface area contributed by atoms with Gasteiger partial charge in [-0.2, -0.15) is 0 Å². The number of likely N-dealkylation sites (tertiary alicyclic amines) is 1. The van der Waals surface area contributed by atoms with E-state index < -0.39 is 15.8 Å². The van der Waals surface area contributed by atoms with Crippen LogP contribution in [0.1, 0.15) is 24.8 Å². The van der Waals surface area contributed by atoms with Gasteiger partial charge in [-0.15, -0.1) is 0 Å². The number of fused-ring (bicyclic) bond motifs is 1. The Bertz CT molecular complexity index is 1140. The van der Waals surface area contributed by atoms with E-state index in [9.17, 15) is 13.2 Å². The second-order valence-electron chi connectivity index (χ2n) is 7.37. The quantitative estimate of drug-likeness (QED) is 0.681. The number of hydrogen-bond acceptors (Lipinski definition) is 4. The Hall–Kier alpha value is -2.58. The van der Waals surface area contributed by atoms with Crippen molar-refractivity contribution in [1.82, 2.24) is 4.57 Å². The molecule has 2 heterocycles. The molecule has 0 saturated carbocycles. The molecule has 1 aromatic heterocycles. The van der Waals surface area contributed by atoms with Crippen molar-refractivity contribution < 1.29 is 17.7 Å². The lowest BCUT2D eigenvalue weighted by molar-refractivity contribution is -0.927. The van der Waals surface area contributed by atoms with Gasteiger partial charge in [0.15, 0.2) is 12.3 Å². The van der Waals surface area contributed by atoms with E-state index in [2.05, 4.69) is 4.72 Å². The minimum atomic E-state index is -3.77. The average molecular weight is 402 g/mol. The number of rotatable bonds is 5. The van der Waals surface area contributed by atoms with Crippen LogP contribution in [0.5, 0.6) is 0 Å². The summed E-state index contributed by atoms with van der Waals surface area (Å²) in [4.78, 5) is 13.7. The topological polar surface area (TPSA) is 85.8 Å². The third kappa shape index (κ3) is 3.83. The van der Waals surface area contributed by atoms with Crippen LogP contribution in [0.25, 0.3) is 11.1 Å². The summed E-state index contributed by atoms with van der Waals surface area (Å²) in [6, 6.07) is 11.7. The highest BCUT2D eigenvalue weighted by Crippen LogP contribution is 2.21. The highest BCUT2D eigenvalue weighted by Gasteiger charge is 2.21. The summed E-state index contributed by atoms with van der Waals surface area (Å²) in [7, 11) is -3.77. The predicted octanol–water partition coefficient (Wildman–Crippen LogP) is 1.73. The Labute approximate surface area is 163 Å². The molecule has 2 aromatic carbocycles. The lowest BCUT2D eigenvalue weighted by Gasteiger charge is -2.23. The molecule has 0 unspecified atom stereocenters. The van der Waals surface area contributed by atoms with Gasteiger partial charge in [-0.1, -0.05) is 17.7 Å². The van der Waals surface area contributed by atoms with Gasteiger partial charge in [-0.25, -0.2) is 17.8 Å². The normalized spacial score (nSPS) is 15.8. The van der Waals surface area contributed by atoms with Gasteiger partial charge in [-0.3, -0.25) is 4.72 Å². The molecule has 1 fully saturated rings. The molecule has 4 rings (SSSR count). The second kappa shape index (κ2) is 7.44. The monoisotopic (exact) mass is 402 g/mol. The van der Waals surface area contributed by atoms with Gasteiger partial charge in [0.05, 0.1) is 23.5 Å². The molecule has 0 radical (unpaired) electrons. The molecule has 1 aliphatic heterocycles. The molecule has 148 valence electrons. The first kappa shape index (κ1) is 18.8. The Morgan fingerprint density at radius 3 is 2.50 bits per heavy atom. The van der Waals surface area contributed by atoms with Crippen LogP contribution >= 0.6 is 0 Å². The largest absolute Gasteiger partial charge is 0.424 e. The number of sulfonamides is 1. The van der Waals surface area contributed by atoms with E-state index in [-0.39, 0.29) is 10.5 Å². The van der Waals surface area contributed by atoms with Gasteiger partial charge < -0.3 is 9.32 Å². The summed E-state index contributed by atoms with van der Waals surface area (Å²) < 4.78 is 34.9. The van der Waals surface area contributed by atoms with Crippen LogP contribution in [0.15, 0.2) is 56.6 Å². The van der Waals surface area contributed by atoms with Crippen molar-refractivity contribution in [3.05, 3.63) is 58.6 Å². The van der Waals surface area contributed by atoms with E-state index >= 15 is 0 Å². The number of aromatic nitrogens is 1. The lowest BCUT2D eigenvalue weighted by atomic mass is 10.1. The number of nitrogens with zero attached hydrogens (tertiary/aromatic N) is 1. The Morgan fingerprint density at radius 1 is 1.07 bits per heavy atom. The first-order valence-electron chi connectivity index (χ1n) is 9.49. The van der Waals surface area contributed by atoms with Crippen LogP contribution in [0.2, 0.25) is 0 Å². The average Bonchev–Trinajstić information content (AvgIpc) is 2.99. The molecule has 0 aliphatic carbocycles. The maximum absolute atomic E-state index is 12.7. The number of hydrogen-bond donors (Lipinski definition) is 2. The highest BCUT2D eigenvalue weighted by molar-refractivity contribution is 7.92. The van der Waals surface area contributed by atoms with Gasteiger partial charge in [0, 0.05) is 11.8 Å². The zero-order valence-corrected chi connectivity index (χ0v) is 16.6. The van der Waals surface area contributed by atoms with E-state index in [0.29, 0.717) is 17.9 Å². The van der Waals surface area contributed by atoms with Crippen LogP contribution in [0, 0.1) is 6.92 Å². The van der Waals surface area contributed by atoms with E-state index in [1.54, 1.807) is 22.8 Å². The third-order valence-electron chi connectivity index (χ3n) is 5.20. The second-order valence-corrected chi connectivity index (χ2v) is 9.05. The summed E-state index contributed by atoms with van der Waals surface area (Å²) in [5, 5.41) is 0. The van der Waals surface area contributed by atoms with Crippen LogP contribution in [0.4, 0.5) is 5.69 Å². The molecule has 3 aromatic rings. The number of oxazole rings is 1. The van der Waals surface area contributed by atoms with Crippen molar-refractivity contribution in [1.29, 1.82) is 0 Å². The van der Waals surface area contributed by atoms with Gasteiger partial charge in [0.25, 0.3) is 10.0 Å². The van der Waals surface area contributed by atoms with Crippen molar-refractivity contribution in [2.75, 3.05) is 17.8 Å². The molecular formula is C20H24N3O4S+. The summed E-state index contributed by atoms with van der Waals surface area (Å²) in [5.74, 6) is -0.450. The van der Waals surface area contributed by atoms with Gasteiger partial charge in [-0.05, 0) is 50.5 Å². The summed E-state index contributed by atoms with van der Waals surface area (Å²) >= 11 is 0. The Kier molecular flexibility index (Phi) is 4.99. The van der Waals surface area contributed by atoms with E-state index in [1.807, 2.05) is 19.1 Å². The van der Waals surface area contributed by atoms with Crippen LogP contribution in [-0.4, -0.2) is 26.1 Å². The molecule has 7 nitrogen and oxygen atoms in total. The maximum atomic E-state index is 12.7. The molecule has 8 heteroatoms. The fraction of sp³-hybridized carbons (Fsp3) is 0.350. The van der Waals surface area contributed by atoms with E-state index in [1.165, 1.54) is 23.5 Å². The smallest absolute Gasteiger partial charge is 0.408 e. The first-order valence-corrected chi connectivity index (χ1v) is 11.0. The zero-order valence-electron chi connectivity index (χ0n) is 15.8. The SMILES string of the molecule is Cc1ccc(NS(=O)(=O)c2ccc3c(c2)oc(=O)n3C[NH+]2CCCCC2)cc1. The fourth-order valence-electron chi connectivity index (χ4n) is 3.63. The van der Waals surface area contributed by atoms with Crippen LogP contribution in [0.3, 0.4) is 0 Å². The van der Waals surface area contributed by atoms with Crippen LogP contribution in [-0.2, 0) is 16.7 Å². The number of nitrogens with one attached hydrogen (secondary N) is 2. The van der Waals surface area contributed by atoms with Crippen molar-refractivity contribution in [3.63, 3.8) is 0 Å². The molecular weight excluding hydrogens is 378 g/mol. The lowest BCUT2D eigenvalue weighted by Crippen LogP contribution is -3.12. The maximum Gasteiger partial charge on any atom is 0.424 e. The van der Waals surface area contributed by atoms with Crippen molar-refractivity contribution in [2.24, 2.45) is 0 Å². The minimum absolute atomic E-state index is 0.0618. The molecule has 2 N–H and O–H groups in total. The molecule has 1 saturated heterocycles. The standard InChI is InChI=1S/C20H23N3O4S/c1-15-5-7-16(8-6-15)21-28(25,26)17-9-10-18-19(13-17)27-20(24)23(18)14-22-11-3-2-4-12-22/h5-10,13,21H,2-4,11-12,14H2,1H3/p+1. The molecule has 1 aliphatic rings. The van der Waals surface area contributed by atoms with Crippen molar-refractivity contribution in [2.45, 2.75) is 37.8 Å². The minimum Gasteiger partial charge on any atom is -0.408 e. The number of benzene rings is 2. The molecule has 0 spiro atoms. The van der Waals surface area contributed by atoms with E-state index in [4.69, 9.17) is 4.42 Å². The zero-order chi connectivity index (χ0) is 19.7. The van der Waals surface area contributed by atoms with Crippen molar-refractivity contribution >= 4 is 26.8 Å². The predicted molar refractivity (Wildman–Crippen MR) is 107 cm³/mol. The van der Waals surface area contributed by atoms with E-state index in [0.717, 1.165) is 31.5 Å². The number of anilines is 1. The van der Waals surface area contributed by atoms with Gasteiger partial charge in [0.1, 0.15) is 0 Å². The molecule has 0 atom stereocenters. The molecule has 0 bridgehead atoms. The number of aryl methyl sites for hydroxylation is 1. The summed E-state index contributed by atoms with van der Waals surface area (Å²) in [6.45, 7) is 4.54. The van der Waals surface area contributed by atoms with Crippen molar-refractivity contribution in [3.8, 4) is 0 Å².